The molecule has 0 aliphatic carbocycles. The first kappa shape index (κ1) is 20.3. The van der Waals surface area contributed by atoms with Crippen molar-refractivity contribution in [3.63, 3.8) is 0 Å². The Balaban J connectivity index is 1.63. The number of hydrogen-bond acceptors (Lipinski definition) is 4. The Kier molecular flexibility index (Phi) is 6.79. The van der Waals surface area contributed by atoms with Crippen LogP contribution in [0.3, 0.4) is 0 Å². The van der Waals surface area contributed by atoms with E-state index in [1.54, 1.807) is 36.5 Å². The van der Waals surface area contributed by atoms with Gasteiger partial charge in [-0.05, 0) is 56.2 Å². The molecule has 2 N–H and O–H groups in total. The number of nitrogens with zero attached hydrogens (tertiary/aromatic N) is 1. The summed E-state index contributed by atoms with van der Waals surface area (Å²) in [6.45, 7) is 4.26. The highest BCUT2D eigenvalue weighted by Gasteiger charge is 2.10. The summed E-state index contributed by atoms with van der Waals surface area (Å²) in [5.74, 6) is 0.744. The van der Waals surface area contributed by atoms with Crippen LogP contribution in [0.1, 0.15) is 29.8 Å². The Morgan fingerprint density at radius 1 is 1.10 bits per heavy atom. The van der Waals surface area contributed by atoms with Gasteiger partial charge < -0.3 is 15.4 Å². The minimum Gasteiger partial charge on any atom is -0.489 e. The molecule has 5 nitrogen and oxygen atoms in total. The summed E-state index contributed by atoms with van der Waals surface area (Å²) in [6.07, 6.45) is 2.03. The molecule has 0 bridgehead atoms. The molecule has 150 valence electrons. The maximum absolute atomic E-state index is 13.7. The molecule has 0 saturated heterocycles. The predicted molar refractivity (Wildman–Crippen MR) is 112 cm³/mol. The Morgan fingerprint density at radius 2 is 1.86 bits per heavy atom. The molecule has 3 rings (SSSR count). The van der Waals surface area contributed by atoms with E-state index in [-0.39, 0.29) is 17.8 Å². The van der Waals surface area contributed by atoms with Crippen molar-refractivity contribution in [2.24, 2.45) is 0 Å². The van der Waals surface area contributed by atoms with E-state index in [4.69, 9.17) is 4.74 Å². The highest BCUT2D eigenvalue weighted by Crippen LogP contribution is 2.27. The lowest BCUT2D eigenvalue weighted by Gasteiger charge is -2.15. The monoisotopic (exact) mass is 393 g/mol. The maximum Gasteiger partial charge on any atom is 0.251 e. The lowest BCUT2D eigenvalue weighted by Crippen LogP contribution is -2.26. The van der Waals surface area contributed by atoms with Crippen molar-refractivity contribution in [2.75, 3.05) is 11.9 Å². The Morgan fingerprint density at radius 3 is 2.66 bits per heavy atom. The van der Waals surface area contributed by atoms with E-state index in [1.807, 2.05) is 38.1 Å². The second-order valence-corrected chi connectivity index (χ2v) is 6.81. The second kappa shape index (κ2) is 9.68. The van der Waals surface area contributed by atoms with Gasteiger partial charge in [0.05, 0.1) is 11.8 Å². The van der Waals surface area contributed by atoms with E-state index < -0.39 is 0 Å². The van der Waals surface area contributed by atoms with Crippen molar-refractivity contribution in [2.45, 2.75) is 26.4 Å². The number of carbonyl (C=O) groups excluding carboxylic acids is 1. The molecule has 0 saturated carbocycles. The van der Waals surface area contributed by atoms with Gasteiger partial charge in [0, 0.05) is 18.3 Å². The van der Waals surface area contributed by atoms with Gasteiger partial charge in [0.25, 0.3) is 5.91 Å². The van der Waals surface area contributed by atoms with E-state index >= 15 is 0 Å². The summed E-state index contributed by atoms with van der Waals surface area (Å²) in [7, 11) is 0. The molecular formula is C23H24FN3O2. The van der Waals surface area contributed by atoms with E-state index in [1.165, 1.54) is 6.07 Å². The van der Waals surface area contributed by atoms with Crippen LogP contribution < -0.4 is 15.4 Å². The number of anilines is 2. The Labute approximate surface area is 169 Å². The number of ether oxygens (including phenoxy) is 1. The van der Waals surface area contributed by atoms with Crippen LogP contribution in [0, 0.1) is 5.82 Å². The van der Waals surface area contributed by atoms with Gasteiger partial charge >= 0.3 is 0 Å². The zero-order valence-electron chi connectivity index (χ0n) is 16.5. The molecule has 1 aromatic heterocycles. The number of amides is 1. The van der Waals surface area contributed by atoms with Gasteiger partial charge in [-0.2, -0.15) is 0 Å². The van der Waals surface area contributed by atoms with Gasteiger partial charge in [-0.1, -0.05) is 30.3 Å². The first-order chi connectivity index (χ1) is 14.0. The fraction of sp³-hybridized carbons (Fsp3) is 0.217. The summed E-state index contributed by atoms with van der Waals surface area (Å²) in [6, 6.07) is 17.4. The number of para-hydroxylation sites is 2. The minimum absolute atomic E-state index is 0.0393. The van der Waals surface area contributed by atoms with Crippen LogP contribution >= 0.6 is 0 Å². The van der Waals surface area contributed by atoms with Gasteiger partial charge in [-0.25, -0.2) is 9.37 Å². The number of pyridine rings is 1. The van der Waals surface area contributed by atoms with Crippen molar-refractivity contribution in [1.82, 2.24) is 10.3 Å². The summed E-state index contributed by atoms with van der Waals surface area (Å²) in [4.78, 5) is 16.7. The first-order valence-electron chi connectivity index (χ1n) is 9.53. The topological polar surface area (TPSA) is 63.2 Å². The SMILES string of the molecule is CC(C)Oc1ccccc1Nc1cc(C(=O)NCCc2ccccc2F)ccn1. The molecule has 3 aromatic rings. The number of carbonyl (C=O) groups is 1. The van der Waals surface area contributed by atoms with Crippen LogP contribution in [-0.4, -0.2) is 23.5 Å². The van der Waals surface area contributed by atoms with E-state index in [0.717, 1.165) is 5.69 Å². The first-order valence-corrected chi connectivity index (χ1v) is 9.53. The lowest BCUT2D eigenvalue weighted by atomic mass is 10.1. The van der Waals surface area contributed by atoms with E-state index in [0.29, 0.717) is 35.7 Å². The lowest BCUT2D eigenvalue weighted by molar-refractivity contribution is 0.0954. The van der Waals surface area contributed by atoms with Crippen LogP contribution in [0.4, 0.5) is 15.9 Å². The number of benzene rings is 2. The highest BCUT2D eigenvalue weighted by molar-refractivity contribution is 5.95. The summed E-state index contributed by atoms with van der Waals surface area (Å²) < 4.78 is 19.5. The zero-order valence-corrected chi connectivity index (χ0v) is 16.5. The molecule has 0 radical (unpaired) electrons. The van der Waals surface area contributed by atoms with Gasteiger partial charge in [-0.3, -0.25) is 4.79 Å². The standard InChI is InChI=1S/C23H24FN3O2/c1-16(2)29-21-10-6-5-9-20(21)27-22-15-18(12-13-25-22)23(28)26-14-11-17-7-3-4-8-19(17)24/h3-10,12-13,15-16H,11,14H2,1-2H3,(H,25,27)(H,26,28). The molecule has 0 unspecified atom stereocenters. The van der Waals surface area contributed by atoms with Crippen molar-refractivity contribution >= 4 is 17.4 Å². The van der Waals surface area contributed by atoms with Gasteiger partial charge in [-0.15, -0.1) is 0 Å². The Bertz CT molecular complexity index is 976. The minimum atomic E-state index is -0.264. The summed E-state index contributed by atoms with van der Waals surface area (Å²) in [5.41, 5.74) is 1.82. The zero-order chi connectivity index (χ0) is 20.6. The largest absolute Gasteiger partial charge is 0.489 e. The van der Waals surface area contributed by atoms with Gasteiger partial charge in [0.2, 0.25) is 0 Å². The highest BCUT2D eigenvalue weighted by atomic mass is 19.1. The molecule has 0 aliphatic rings. The molecule has 1 amide bonds. The predicted octanol–water partition coefficient (Wildman–Crippen LogP) is 4.72. The third-order valence-corrected chi connectivity index (χ3v) is 4.17. The van der Waals surface area contributed by atoms with Crippen LogP contribution in [0.5, 0.6) is 5.75 Å². The fourth-order valence-electron chi connectivity index (χ4n) is 2.82. The quantitative estimate of drug-likeness (QED) is 0.581. The Hall–Kier alpha value is -3.41. The third-order valence-electron chi connectivity index (χ3n) is 4.17. The molecule has 0 fully saturated rings. The van der Waals surface area contributed by atoms with Crippen molar-refractivity contribution < 1.29 is 13.9 Å². The molecule has 2 aromatic carbocycles. The molecular weight excluding hydrogens is 369 g/mol. The van der Waals surface area contributed by atoms with Crippen LogP contribution in [0.2, 0.25) is 0 Å². The summed E-state index contributed by atoms with van der Waals surface area (Å²) >= 11 is 0. The second-order valence-electron chi connectivity index (χ2n) is 6.81. The summed E-state index contributed by atoms with van der Waals surface area (Å²) in [5, 5.41) is 6.01. The van der Waals surface area contributed by atoms with Crippen molar-refractivity contribution in [3.8, 4) is 5.75 Å². The third kappa shape index (κ3) is 5.78. The molecule has 0 spiro atoms. The molecule has 0 aliphatic heterocycles. The van der Waals surface area contributed by atoms with Crippen molar-refractivity contribution in [3.05, 3.63) is 83.8 Å². The average molecular weight is 393 g/mol. The van der Waals surface area contributed by atoms with E-state index in [9.17, 15) is 9.18 Å². The molecule has 6 heteroatoms. The van der Waals surface area contributed by atoms with Crippen LogP contribution in [-0.2, 0) is 6.42 Å². The average Bonchev–Trinajstić information content (AvgIpc) is 2.71. The van der Waals surface area contributed by atoms with Gasteiger partial charge in [0.15, 0.2) is 0 Å². The van der Waals surface area contributed by atoms with E-state index in [2.05, 4.69) is 15.6 Å². The number of nitrogens with one attached hydrogen (secondary N) is 2. The smallest absolute Gasteiger partial charge is 0.251 e. The van der Waals surface area contributed by atoms with Gasteiger partial charge in [0.1, 0.15) is 17.4 Å². The van der Waals surface area contributed by atoms with Crippen LogP contribution in [0.25, 0.3) is 0 Å². The normalized spacial score (nSPS) is 10.6. The molecule has 29 heavy (non-hydrogen) atoms. The molecule has 1 heterocycles. The molecule has 0 atom stereocenters. The maximum atomic E-state index is 13.7. The van der Waals surface area contributed by atoms with Crippen molar-refractivity contribution in [1.29, 1.82) is 0 Å². The number of hydrogen-bond donors (Lipinski definition) is 2. The number of halogens is 1. The number of aromatic nitrogens is 1. The number of rotatable bonds is 8. The van der Waals surface area contributed by atoms with Crippen LogP contribution in [0.15, 0.2) is 66.9 Å². The fourth-order valence-corrected chi connectivity index (χ4v) is 2.82.